The molecule has 1 fully saturated rings. The summed E-state index contributed by atoms with van der Waals surface area (Å²) >= 11 is 0. The number of aromatic nitrogens is 2. The van der Waals surface area contributed by atoms with Crippen LogP contribution in [0.15, 0.2) is 18.7 Å². The monoisotopic (exact) mass is 221 g/mol. The summed E-state index contributed by atoms with van der Waals surface area (Å²) in [7, 11) is 0. The quantitative estimate of drug-likeness (QED) is 0.802. The molecule has 2 rings (SSSR count). The zero-order valence-corrected chi connectivity index (χ0v) is 9.04. The molecule has 0 saturated heterocycles. The third-order valence-corrected chi connectivity index (χ3v) is 2.92. The van der Waals surface area contributed by atoms with Gasteiger partial charge in [0.25, 0.3) is 5.91 Å². The molecule has 1 aromatic rings. The molecule has 1 amide bonds. The van der Waals surface area contributed by atoms with Crippen molar-refractivity contribution in [1.29, 1.82) is 0 Å². The molecule has 5 nitrogen and oxygen atoms in total. The summed E-state index contributed by atoms with van der Waals surface area (Å²) < 4.78 is 0. The zero-order chi connectivity index (χ0) is 11.4. The van der Waals surface area contributed by atoms with Crippen molar-refractivity contribution in [3.8, 4) is 0 Å². The van der Waals surface area contributed by atoms with Gasteiger partial charge in [0.2, 0.25) is 0 Å². The van der Waals surface area contributed by atoms with E-state index in [1.54, 1.807) is 4.90 Å². The van der Waals surface area contributed by atoms with Crippen molar-refractivity contribution in [2.24, 2.45) is 0 Å². The van der Waals surface area contributed by atoms with Gasteiger partial charge in [0.05, 0.1) is 12.2 Å². The van der Waals surface area contributed by atoms with Gasteiger partial charge in [-0.1, -0.05) is 0 Å². The molecule has 0 spiro atoms. The van der Waals surface area contributed by atoms with Gasteiger partial charge in [0.1, 0.15) is 6.33 Å². The molecular formula is C11H15N3O2. The van der Waals surface area contributed by atoms with E-state index >= 15 is 0 Å². The fourth-order valence-electron chi connectivity index (χ4n) is 1.83. The second-order valence-corrected chi connectivity index (χ2v) is 3.93. The summed E-state index contributed by atoms with van der Waals surface area (Å²) in [6.45, 7) is 0.383. The summed E-state index contributed by atoms with van der Waals surface area (Å²) in [5, 5.41) is 8.98. The van der Waals surface area contributed by atoms with E-state index in [9.17, 15) is 4.79 Å². The first-order valence-electron chi connectivity index (χ1n) is 5.50. The Labute approximate surface area is 94.1 Å². The maximum atomic E-state index is 12.1. The van der Waals surface area contributed by atoms with E-state index in [0.717, 1.165) is 19.3 Å². The highest BCUT2D eigenvalue weighted by atomic mass is 16.3. The molecule has 16 heavy (non-hydrogen) atoms. The first-order chi connectivity index (χ1) is 7.83. The third-order valence-electron chi connectivity index (χ3n) is 2.92. The lowest BCUT2D eigenvalue weighted by atomic mass is 9.91. The van der Waals surface area contributed by atoms with Crippen LogP contribution in [0.25, 0.3) is 0 Å². The lowest BCUT2D eigenvalue weighted by Gasteiger charge is -2.37. The number of amides is 1. The summed E-state index contributed by atoms with van der Waals surface area (Å²) in [5.41, 5.74) is 0.489. The Morgan fingerprint density at radius 3 is 2.62 bits per heavy atom. The van der Waals surface area contributed by atoms with E-state index in [0.29, 0.717) is 12.1 Å². The number of hydrogen-bond donors (Lipinski definition) is 1. The van der Waals surface area contributed by atoms with Gasteiger partial charge in [-0.05, 0) is 19.3 Å². The van der Waals surface area contributed by atoms with E-state index in [-0.39, 0.29) is 18.6 Å². The summed E-state index contributed by atoms with van der Waals surface area (Å²) in [6.07, 6.45) is 7.64. The predicted octanol–water partition coefficient (Wildman–Crippen LogP) is 0.464. The van der Waals surface area contributed by atoms with Gasteiger partial charge < -0.3 is 10.0 Å². The van der Waals surface area contributed by atoms with Crippen molar-refractivity contribution < 1.29 is 9.90 Å². The number of aliphatic hydroxyl groups is 1. The topological polar surface area (TPSA) is 66.3 Å². The van der Waals surface area contributed by atoms with Crippen LogP contribution in [-0.4, -0.2) is 45.1 Å². The van der Waals surface area contributed by atoms with Crippen molar-refractivity contribution in [1.82, 2.24) is 14.9 Å². The van der Waals surface area contributed by atoms with Gasteiger partial charge in [-0.15, -0.1) is 0 Å². The molecule has 0 aliphatic heterocycles. The zero-order valence-electron chi connectivity index (χ0n) is 9.04. The molecule has 5 heteroatoms. The van der Waals surface area contributed by atoms with Crippen molar-refractivity contribution >= 4 is 5.91 Å². The molecule has 1 N–H and O–H groups in total. The van der Waals surface area contributed by atoms with Crippen LogP contribution in [0.4, 0.5) is 0 Å². The van der Waals surface area contributed by atoms with Crippen molar-refractivity contribution in [3.05, 3.63) is 24.3 Å². The van der Waals surface area contributed by atoms with E-state index in [1.807, 2.05) is 0 Å². The third kappa shape index (κ3) is 2.19. The number of rotatable bonds is 4. The number of carbonyl (C=O) groups is 1. The molecule has 0 aromatic carbocycles. The average Bonchev–Trinajstić information content (AvgIpc) is 2.26. The standard InChI is InChI=1S/C11H15N3O2/c15-5-4-14(10-2-1-3-10)11(16)9-6-12-8-13-7-9/h6-8,10,15H,1-5H2. The maximum Gasteiger partial charge on any atom is 0.257 e. The fourth-order valence-corrected chi connectivity index (χ4v) is 1.83. The van der Waals surface area contributed by atoms with E-state index in [4.69, 9.17) is 5.11 Å². The fraction of sp³-hybridized carbons (Fsp3) is 0.545. The van der Waals surface area contributed by atoms with Gasteiger partial charge in [-0.2, -0.15) is 0 Å². The molecule has 1 aromatic heterocycles. The highest BCUT2D eigenvalue weighted by Gasteiger charge is 2.29. The van der Waals surface area contributed by atoms with Crippen LogP contribution >= 0.6 is 0 Å². The summed E-state index contributed by atoms with van der Waals surface area (Å²) in [6, 6.07) is 0.278. The minimum Gasteiger partial charge on any atom is -0.395 e. The highest BCUT2D eigenvalue weighted by Crippen LogP contribution is 2.25. The highest BCUT2D eigenvalue weighted by molar-refractivity contribution is 5.93. The van der Waals surface area contributed by atoms with E-state index in [1.165, 1.54) is 18.7 Å². The molecule has 86 valence electrons. The predicted molar refractivity (Wildman–Crippen MR) is 57.8 cm³/mol. The summed E-state index contributed by atoms with van der Waals surface area (Å²) in [5.74, 6) is -0.0839. The molecule has 1 heterocycles. The Bertz CT molecular complexity index is 352. The van der Waals surface area contributed by atoms with Gasteiger partial charge in [-0.3, -0.25) is 4.79 Å². The number of aliphatic hydroxyl groups excluding tert-OH is 1. The van der Waals surface area contributed by atoms with Crippen molar-refractivity contribution in [3.63, 3.8) is 0 Å². The summed E-state index contributed by atoms with van der Waals surface area (Å²) in [4.78, 5) is 21.5. The maximum absolute atomic E-state index is 12.1. The molecule has 1 aliphatic carbocycles. The molecule has 0 bridgehead atoms. The first-order valence-corrected chi connectivity index (χ1v) is 5.50. The van der Waals surface area contributed by atoms with Gasteiger partial charge in [0, 0.05) is 25.0 Å². The van der Waals surface area contributed by atoms with Gasteiger partial charge >= 0.3 is 0 Å². The van der Waals surface area contributed by atoms with E-state index < -0.39 is 0 Å². The minimum atomic E-state index is -0.0839. The second-order valence-electron chi connectivity index (χ2n) is 3.93. The Hall–Kier alpha value is -1.49. The van der Waals surface area contributed by atoms with Gasteiger partial charge in [0.15, 0.2) is 0 Å². The van der Waals surface area contributed by atoms with Crippen LogP contribution in [0.2, 0.25) is 0 Å². The lowest BCUT2D eigenvalue weighted by Crippen LogP contribution is -2.45. The number of nitrogens with zero attached hydrogens (tertiary/aromatic N) is 3. The van der Waals surface area contributed by atoms with Crippen LogP contribution in [0.5, 0.6) is 0 Å². The van der Waals surface area contributed by atoms with Crippen LogP contribution in [0.1, 0.15) is 29.6 Å². The first kappa shape index (κ1) is 11.0. The molecule has 1 saturated carbocycles. The van der Waals surface area contributed by atoms with Crippen LogP contribution in [-0.2, 0) is 0 Å². The van der Waals surface area contributed by atoms with Crippen LogP contribution in [0.3, 0.4) is 0 Å². The molecule has 0 unspecified atom stereocenters. The normalized spacial score (nSPS) is 15.6. The minimum absolute atomic E-state index is 0.00404. The second kappa shape index (κ2) is 5.03. The Morgan fingerprint density at radius 2 is 2.12 bits per heavy atom. The average molecular weight is 221 g/mol. The smallest absolute Gasteiger partial charge is 0.257 e. The Balaban J connectivity index is 2.10. The Morgan fingerprint density at radius 1 is 1.44 bits per heavy atom. The largest absolute Gasteiger partial charge is 0.395 e. The Kier molecular flexibility index (Phi) is 3.46. The molecule has 1 aliphatic rings. The SMILES string of the molecule is O=C(c1cncnc1)N(CCO)C1CCC1. The lowest BCUT2D eigenvalue weighted by molar-refractivity contribution is 0.0525. The van der Waals surface area contributed by atoms with Crippen LogP contribution in [0, 0.1) is 0 Å². The number of carbonyl (C=O) groups excluding carboxylic acids is 1. The molecule has 0 radical (unpaired) electrons. The molecular weight excluding hydrogens is 206 g/mol. The molecule has 0 atom stereocenters. The van der Waals surface area contributed by atoms with E-state index in [2.05, 4.69) is 9.97 Å². The van der Waals surface area contributed by atoms with Gasteiger partial charge in [-0.25, -0.2) is 9.97 Å². The van der Waals surface area contributed by atoms with Crippen molar-refractivity contribution in [2.45, 2.75) is 25.3 Å². The van der Waals surface area contributed by atoms with Crippen molar-refractivity contribution in [2.75, 3.05) is 13.2 Å². The number of hydrogen-bond acceptors (Lipinski definition) is 4. The van der Waals surface area contributed by atoms with Crippen LogP contribution < -0.4 is 0 Å².